The third-order valence-electron chi connectivity index (χ3n) is 2.35. The minimum atomic E-state index is 0.105. The summed E-state index contributed by atoms with van der Waals surface area (Å²) < 4.78 is 10.9. The van der Waals surface area contributed by atoms with Gasteiger partial charge in [-0.1, -0.05) is 30.4 Å². The monoisotopic (exact) mass is 241 g/mol. The molecule has 0 saturated carbocycles. The molecule has 0 heterocycles. The predicted octanol–water partition coefficient (Wildman–Crippen LogP) is 2.38. The van der Waals surface area contributed by atoms with Crippen molar-refractivity contribution < 1.29 is 14.0 Å². The van der Waals surface area contributed by atoms with E-state index in [1.54, 1.807) is 6.08 Å². The second-order valence-electron chi connectivity index (χ2n) is 3.56. The summed E-state index contributed by atoms with van der Waals surface area (Å²) in [5, 5.41) is 0. The average molecular weight is 241 g/mol. The van der Waals surface area contributed by atoms with Gasteiger partial charge in [-0.2, -0.15) is 0 Å². The first kappa shape index (κ1) is 12.0. The Kier molecular flexibility index (Phi) is 4.25. The van der Waals surface area contributed by atoms with Gasteiger partial charge in [-0.3, -0.25) is 4.79 Å². The number of rotatable bonds is 4. The Morgan fingerprint density at radius 1 is 1.11 bits per heavy atom. The maximum absolute atomic E-state index is 10.5. The van der Waals surface area contributed by atoms with Crippen LogP contribution in [0.3, 0.4) is 0 Å². The molecule has 2 rings (SSSR count). The van der Waals surface area contributed by atoms with Crippen LogP contribution in [0.4, 0.5) is 0 Å². The van der Waals surface area contributed by atoms with E-state index in [1.807, 2.05) is 48.6 Å². The van der Waals surface area contributed by atoms with Crippen molar-refractivity contribution in [3.05, 3.63) is 66.3 Å². The Bertz CT molecular complexity index is 522. The molecule has 0 saturated heterocycles. The lowest BCUT2D eigenvalue weighted by Gasteiger charge is -1.98. The summed E-state index contributed by atoms with van der Waals surface area (Å²) in [6.45, 7) is 0.105. The first-order chi connectivity index (χ1) is 8.90. The molecule has 0 amide bonds. The number of carbonyl (C=O) groups excluding carboxylic acids is 2. The molecule has 1 aliphatic carbocycles. The molecule has 0 atom stereocenters. The Morgan fingerprint density at radius 2 is 1.89 bits per heavy atom. The molecule has 0 unspecified atom stereocenters. The summed E-state index contributed by atoms with van der Waals surface area (Å²) in [6, 6.07) is 9.41. The molecule has 1 aliphatic rings. The number of ketones is 1. The van der Waals surface area contributed by atoms with Gasteiger partial charge in [-0.25, -0.2) is 4.42 Å². The van der Waals surface area contributed by atoms with E-state index in [0.29, 0.717) is 5.78 Å². The van der Waals surface area contributed by atoms with Crippen molar-refractivity contribution >= 4 is 12.1 Å². The van der Waals surface area contributed by atoms with Crippen LogP contribution < -0.4 is 4.74 Å². The molecule has 1 aromatic carbocycles. The van der Waals surface area contributed by atoms with Crippen LogP contribution in [0.15, 0.2) is 66.3 Å². The van der Waals surface area contributed by atoms with Crippen LogP contribution in [0.1, 0.15) is 0 Å². The van der Waals surface area contributed by atoms with E-state index in [9.17, 15) is 4.79 Å². The fourth-order valence-electron chi connectivity index (χ4n) is 1.50. The number of allylic oxidation sites excluding steroid dienone is 6. The molecule has 1 aromatic rings. The van der Waals surface area contributed by atoms with E-state index in [2.05, 4.69) is 0 Å². The first-order valence-electron chi connectivity index (χ1n) is 5.58. The van der Waals surface area contributed by atoms with Crippen molar-refractivity contribution in [2.24, 2.45) is 0 Å². The van der Waals surface area contributed by atoms with Gasteiger partial charge in [0, 0.05) is 6.08 Å². The first-order valence-corrected chi connectivity index (χ1v) is 5.58. The van der Waals surface area contributed by atoms with Crippen LogP contribution in [0.5, 0.6) is 5.75 Å². The fraction of sp³-hybridized carbons (Fsp3) is 0.0667. The quantitative estimate of drug-likeness (QED) is 0.351. The van der Waals surface area contributed by atoms with Gasteiger partial charge in [0.2, 0.25) is 0 Å². The lowest BCUT2D eigenvalue weighted by Crippen LogP contribution is -2.08. The van der Waals surface area contributed by atoms with Crippen LogP contribution in [0.25, 0.3) is 0 Å². The van der Waals surface area contributed by atoms with Gasteiger partial charge in [0.05, 0.1) is 5.57 Å². The summed E-state index contributed by atoms with van der Waals surface area (Å²) in [6.07, 6.45) is 9.49. The summed E-state index contributed by atoms with van der Waals surface area (Å²) in [4.78, 5) is 10.5. The fourth-order valence-corrected chi connectivity index (χ4v) is 1.50. The zero-order valence-corrected chi connectivity index (χ0v) is 9.78. The summed E-state index contributed by atoms with van der Waals surface area (Å²) in [5.41, 5.74) is 0.740. The van der Waals surface area contributed by atoms with E-state index >= 15 is 0 Å². The number of hydrogen-bond acceptors (Lipinski definition) is 2. The van der Waals surface area contributed by atoms with Gasteiger partial charge in [0.15, 0.2) is 0 Å². The summed E-state index contributed by atoms with van der Waals surface area (Å²) in [7, 11) is 0. The van der Waals surface area contributed by atoms with Gasteiger partial charge in [-0.05, 0) is 24.3 Å². The second-order valence-corrected chi connectivity index (χ2v) is 3.56. The van der Waals surface area contributed by atoms with Crippen molar-refractivity contribution in [1.82, 2.24) is 0 Å². The molecular formula is C15H13O3+. The molecule has 0 aliphatic heterocycles. The maximum atomic E-state index is 10.5. The Hall–Kier alpha value is -2.42. The van der Waals surface area contributed by atoms with E-state index in [-0.39, 0.29) is 6.79 Å². The topological polar surface area (TPSA) is 37.6 Å². The average Bonchev–Trinajstić information content (AvgIpc) is 2.42. The number of hydrogen-bond donors (Lipinski definition) is 0. The molecule has 3 nitrogen and oxygen atoms in total. The van der Waals surface area contributed by atoms with E-state index < -0.39 is 0 Å². The van der Waals surface area contributed by atoms with Crippen molar-refractivity contribution in [3.63, 3.8) is 0 Å². The molecule has 90 valence electrons. The SMILES string of the molecule is O=CC=C1C=CC=CC1=[O+]COc1ccccc1. The van der Waals surface area contributed by atoms with Gasteiger partial charge in [-0.15, -0.1) is 0 Å². The minimum absolute atomic E-state index is 0.105. The summed E-state index contributed by atoms with van der Waals surface area (Å²) >= 11 is 0. The van der Waals surface area contributed by atoms with Gasteiger partial charge < -0.3 is 4.74 Å². The lowest BCUT2D eigenvalue weighted by atomic mass is 10.1. The highest BCUT2D eigenvalue weighted by atomic mass is 16.6. The highest BCUT2D eigenvalue weighted by Gasteiger charge is 2.15. The Labute approximate surface area is 105 Å². The van der Waals surface area contributed by atoms with Crippen molar-refractivity contribution in [1.29, 1.82) is 0 Å². The normalized spacial score (nSPS) is 18.2. The number of para-hydroxylation sites is 1. The standard InChI is InChI=1S/C15H13O3/c16-11-10-13-6-4-5-9-15(13)18-12-17-14-7-2-1-3-8-14/h1-11H,12H2/q+1. The van der Waals surface area contributed by atoms with E-state index in [1.165, 1.54) is 6.08 Å². The molecule has 0 fully saturated rings. The largest absolute Gasteiger partial charge is 0.413 e. The number of carbonyl (C=O) groups is 1. The third-order valence-corrected chi connectivity index (χ3v) is 2.35. The molecular weight excluding hydrogens is 228 g/mol. The molecule has 0 spiro atoms. The molecule has 0 bridgehead atoms. The summed E-state index contributed by atoms with van der Waals surface area (Å²) in [5.74, 6) is 1.37. The maximum Gasteiger partial charge on any atom is 0.412 e. The van der Waals surface area contributed by atoms with Crippen LogP contribution in [-0.2, 0) is 9.22 Å². The molecule has 0 N–H and O–H groups in total. The van der Waals surface area contributed by atoms with Crippen molar-refractivity contribution in [3.8, 4) is 5.75 Å². The van der Waals surface area contributed by atoms with Crippen LogP contribution in [-0.4, -0.2) is 18.9 Å². The number of ether oxygens (including phenoxy) is 1. The zero-order valence-electron chi connectivity index (χ0n) is 9.78. The smallest absolute Gasteiger partial charge is 0.412 e. The Morgan fingerprint density at radius 3 is 2.67 bits per heavy atom. The molecule has 0 aromatic heterocycles. The lowest BCUT2D eigenvalue weighted by molar-refractivity contribution is -0.493. The van der Waals surface area contributed by atoms with Gasteiger partial charge in [0.25, 0.3) is 0 Å². The zero-order chi connectivity index (χ0) is 12.6. The number of aldehydes is 1. The number of benzene rings is 1. The van der Waals surface area contributed by atoms with E-state index in [4.69, 9.17) is 9.16 Å². The second kappa shape index (κ2) is 6.35. The van der Waals surface area contributed by atoms with Crippen LogP contribution in [0, 0.1) is 0 Å². The highest BCUT2D eigenvalue weighted by Crippen LogP contribution is 2.09. The predicted molar refractivity (Wildman–Crippen MR) is 69.4 cm³/mol. The molecule has 0 radical (unpaired) electrons. The molecule has 18 heavy (non-hydrogen) atoms. The minimum Gasteiger partial charge on any atom is -0.413 e. The highest BCUT2D eigenvalue weighted by molar-refractivity contribution is 6.09. The third kappa shape index (κ3) is 3.28. The van der Waals surface area contributed by atoms with Crippen molar-refractivity contribution in [2.75, 3.05) is 6.79 Å². The van der Waals surface area contributed by atoms with Crippen LogP contribution >= 0.6 is 0 Å². The van der Waals surface area contributed by atoms with Crippen LogP contribution in [0.2, 0.25) is 0 Å². The van der Waals surface area contributed by atoms with Gasteiger partial charge >= 0.3 is 12.6 Å². The van der Waals surface area contributed by atoms with Gasteiger partial charge in [0.1, 0.15) is 12.0 Å². The molecule has 3 heteroatoms. The Balaban J connectivity index is 2.00. The van der Waals surface area contributed by atoms with Crippen molar-refractivity contribution in [2.45, 2.75) is 0 Å². The van der Waals surface area contributed by atoms with E-state index in [0.717, 1.165) is 17.6 Å².